The van der Waals surface area contributed by atoms with Crippen molar-refractivity contribution >= 4 is 24.0 Å². The van der Waals surface area contributed by atoms with Crippen molar-refractivity contribution in [2.75, 3.05) is 18.4 Å². The van der Waals surface area contributed by atoms with Gasteiger partial charge in [-0.3, -0.25) is 4.79 Å². The van der Waals surface area contributed by atoms with E-state index < -0.39 is 11.6 Å². The maximum absolute atomic E-state index is 12.9. The lowest BCUT2D eigenvalue weighted by Crippen LogP contribution is -2.37. The number of anilines is 1. The Hall–Kier alpha value is -1.20. The number of hydrogen-bond acceptors (Lipinski definition) is 2. The van der Waals surface area contributed by atoms with E-state index in [2.05, 4.69) is 10.6 Å². The Bertz CT molecular complexity index is 423. The summed E-state index contributed by atoms with van der Waals surface area (Å²) in [6.07, 6.45) is 1.78. The fraction of sp³-hybridized carbons (Fsp3) is 0.417. The number of carbonyl (C=O) groups excluding carboxylic acids is 1. The van der Waals surface area contributed by atoms with E-state index in [0.717, 1.165) is 31.5 Å². The van der Waals surface area contributed by atoms with Crippen LogP contribution in [0.25, 0.3) is 0 Å². The monoisotopic (exact) mass is 276 g/mol. The number of carbonyl (C=O) groups is 1. The number of nitrogens with one attached hydrogen (secondary N) is 2. The van der Waals surface area contributed by atoms with Gasteiger partial charge in [0.1, 0.15) is 0 Å². The van der Waals surface area contributed by atoms with Gasteiger partial charge in [-0.25, -0.2) is 8.78 Å². The highest BCUT2D eigenvalue weighted by Gasteiger charge is 2.20. The van der Waals surface area contributed by atoms with E-state index >= 15 is 0 Å². The van der Waals surface area contributed by atoms with Crippen molar-refractivity contribution < 1.29 is 13.6 Å². The Labute approximate surface area is 110 Å². The molecule has 1 aromatic carbocycles. The van der Waals surface area contributed by atoms with Crippen molar-refractivity contribution in [3.8, 4) is 0 Å². The van der Waals surface area contributed by atoms with Crippen molar-refractivity contribution in [3.63, 3.8) is 0 Å². The highest BCUT2D eigenvalue weighted by atomic mass is 35.5. The van der Waals surface area contributed by atoms with Crippen LogP contribution in [0.3, 0.4) is 0 Å². The molecule has 0 bridgehead atoms. The molecular formula is C12H15ClF2N2O. The topological polar surface area (TPSA) is 41.1 Å². The third-order valence-corrected chi connectivity index (χ3v) is 2.85. The van der Waals surface area contributed by atoms with E-state index in [4.69, 9.17) is 0 Å². The van der Waals surface area contributed by atoms with Gasteiger partial charge in [-0.1, -0.05) is 0 Å². The fourth-order valence-electron chi connectivity index (χ4n) is 1.89. The summed E-state index contributed by atoms with van der Waals surface area (Å²) in [5.74, 6) is -2.12. The third kappa shape index (κ3) is 3.65. The van der Waals surface area contributed by atoms with Crippen LogP contribution in [0.15, 0.2) is 18.2 Å². The molecule has 1 aromatic rings. The van der Waals surface area contributed by atoms with Crippen molar-refractivity contribution in [3.05, 3.63) is 29.8 Å². The zero-order valence-corrected chi connectivity index (χ0v) is 10.5. The average Bonchev–Trinajstić information content (AvgIpc) is 2.35. The molecular weight excluding hydrogens is 262 g/mol. The van der Waals surface area contributed by atoms with Gasteiger partial charge in [0.05, 0.1) is 5.92 Å². The Kier molecular flexibility index (Phi) is 5.50. The molecule has 18 heavy (non-hydrogen) atoms. The first kappa shape index (κ1) is 14.9. The Morgan fingerprint density at radius 2 is 2.11 bits per heavy atom. The van der Waals surface area contributed by atoms with E-state index in [-0.39, 0.29) is 24.2 Å². The second-order valence-corrected chi connectivity index (χ2v) is 4.16. The summed E-state index contributed by atoms with van der Waals surface area (Å²) in [4.78, 5) is 11.8. The summed E-state index contributed by atoms with van der Waals surface area (Å²) in [6.45, 7) is 1.56. The summed E-state index contributed by atoms with van der Waals surface area (Å²) in [7, 11) is 0. The summed E-state index contributed by atoms with van der Waals surface area (Å²) in [6, 6.07) is 3.35. The Morgan fingerprint density at radius 3 is 2.72 bits per heavy atom. The van der Waals surface area contributed by atoms with Crippen molar-refractivity contribution in [2.45, 2.75) is 12.8 Å². The molecule has 0 spiro atoms. The first-order chi connectivity index (χ1) is 8.16. The van der Waals surface area contributed by atoms with Crippen LogP contribution in [0.5, 0.6) is 0 Å². The lowest BCUT2D eigenvalue weighted by Gasteiger charge is -2.21. The van der Waals surface area contributed by atoms with E-state index in [1.54, 1.807) is 0 Å². The van der Waals surface area contributed by atoms with Crippen LogP contribution in [-0.2, 0) is 4.79 Å². The summed E-state index contributed by atoms with van der Waals surface area (Å²) in [5.41, 5.74) is 0.291. The molecule has 3 nitrogen and oxygen atoms in total. The van der Waals surface area contributed by atoms with Gasteiger partial charge in [0.25, 0.3) is 0 Å². The largest absolute Gasteiger partial charge is 0.326 e. The predicted molar refractivity (Wildman–Crippen MR) is 67.8 cm³/mol. The van der Waals surface area contributed by atoms with Crippen LogP contribution in [0.4, 0.5) is 14.5 Å². The molecule has 0 saturated carbocycles. The molecule has 2 N–H and O–H groups in total. The molecule has 2 rings (SSSR count). The molecule has 1 amide bonds. The van der Waals surface area contributed by atoms with Gasteiger partial charge in [-0.15, -0.1) is 12.4 Å². The van der Waals surface area contributed by atoms with E-state index in [0.29, 0.717) is 12.2 Å². The Morgan fingerprint density at radius 1 is 1.33 bits per heavy atom. The lowest BCUT2D eigenvalue weighted by atomic mass is 9.99. The zero-order chi connectivity index (χ0) is 12.3. The van der Waals surface area contributed by atoms with Crippen LogP contribution in [-0.4, -0.2) is 19.0 Å². The average molecular weight is 277 g/mol. The number of hydrogen-bond donors (Lipinski definition) is 2. The molecule has 0 aliphatic carbocycles. The maximum Gasteiger partial charge on any atom is 0.228 e. The number of rotatable bonds is 2. The van der Waals surface area contributed by atoms with Gasteiger partial charge >= 0.3 is 0 Å². The molecule has 6 heteroatoms. The molecule has 1 atom stereocenters. The van der Waals surface area contributed by atoms with Gasteiger partial charge in [0.2, 0.25) is 5.91 Å². The van der Waals surface area contributed by atoms with Gasteiger partial charge in [0.15, 0.2) is 11.6 Å². The SMILES string of the molecule is Cl.O=C(Nc1ccc(F)c(F)c1)C1CCCNC1. The van der Waals surface area contributed by atoms with Gasteiger partial charge in [0, 0.05) is 18.3 Å². The van der Waals surface area contributed by atoms with E-state index in [9.17, 15) is 13.6 Å². The van der Waals surface area contributed by atoms with Crippen molar-refractivity contribution in [1.82, 2.24) is 5.32 Å². The van der Waals surface area contributed by atoms with Gasteiger partial charge in [-0.05, 0) is 31.5 Å². The number of benzene rings is 1. The molecule has 0 aromatic heterocycles. The number of piperidine rings is 1. The zero-order valence-electron chi connectivity index (χ0n) is 9.71. The maximum atomic E-state index is 12.9. The van der Waals surface area contributed by atoms with Crippen LogP contribution in [0.1, 0.15) is 12.8 Å². The summed E-state index contributed by atoms with van der Waals surface area (Å²) < 4.78 is 25.6. The fourth-order valence-corrected chi connectivity index (χ4v) is 1.89. The number of amides is 1. The smallest absolute Gasteiger partial charge is 0.228 e. The molecule has 1 aliphatic heterocycles. The second-order valence-electron chi connectivity index (χ2n) is 4.16. The molecule has 1 fully saturated rings. The minimum absolute atomic E-state index is 0. The minimum Gasteiger partial charge on any atom is -0.326 e. The highest BCUT2D eigenvalue weighted by Crippen LogP contribution is 2.16. The third-order valence-electron chi connectivity index (χ3n) is 2.85. The molecule has 1 unspecified atom stereocenters. The molecule has 1 heterocycles. The van der Waals surface area contributed by atoms with E-state index in [1.807, 2.05) is 0 Å². The molecule has 0 radical (unpaired) electrons. The van der Waals surface area contributed by atoms with Crippen LogP contribution < -0.4 is 10.6 Å². The number of halogens is 3. The Balaban J connectivity index is 0.00000162. The highest BCUT2D eigenvalue weighted by molar-refractivity contribution is 5.92. The molecule has 1 saturated heterocycles. The quantitative estimate of drug-likeness (QED) is 0.870. The lowest BCUT2D eigenvalue weighted by molar-refractivity contribution is -0.120. The van der Waals surface area contributed by atoms with Crippen LogP contribution in [0, 0.1) is 17.6 Å². The normalized spacial score (nSPS) is 18.9. The predicted octanol–water partition coefficient (Wildman–Crippen LogP) is 2.32. The van der Waals surface area contributed by atoms with Gasteiger partial charge < -0.3 is 10.6 Å². The van der Waals surface area contributed by atoms with Crippen molar-refractivity contribution in [1.29, 1.82) is 0 Å². The van der Waals surface area contributed by atoms with Crippen LogP contribution >= 0.6 is 12.4 Å². The van der Waals surface area contributed by atoms with Crippen LogP contribution in [0.2, 0.25) is 0 Å². The standard InChI is InChI=1S/C12H14F2N2O.ClH/c13-10-4-3-9(6-11(10)14)16-12(17)8-2-1-5-15-7-8;/h3-4,6,8,15H,1-2,5,7H2,(H,16,17);1H. The first-order valence-electron chi connectivity index (χ1n) is 5.63. The minimum atomic E-state index is -0.954. The van der Waals surface area contributed by atoms with Gasteiger partial charge in [-0.2, -0.15) is 0 Å². The second kappa shape index (κ2) is 6.66. The first-order valence-corrected chi connectivity index (χ1v) is 5.63. The summed E-state index contributed by atoms with van der Waals surface area (Å²) in [5, 5.41) is 5.72. The van der Waals surface area contributed by atoms with E-state index in [1.165, 1.54) is 6.07 Å². The summed E-state index contributed by atoms with van der Waals surface area (Å²) >= 11 is 0. The molecule has 1 aliphatic rings. The van der Waals surface area contributed by atoms with Crippen molar-refractivity contribution in [2.24, 2.45) is 5.92 Å². The molecule has 100 valence electrons.